The summed E-state index contributed by atoms with van der Waals surface area (Å²) < 4.78 is 70.8. The SMILES string of the molecule is CN1CCC[C@H]1C1=CC=CN(c2ccc(C(F)(F)F)cc2)C1NCC1CCNCC1.O=C(O)C(F)(F)F. The Kier molecular flexibility index (Phi) is 9.65. The van der Waals surface area contributed by atoms with E-state index < -0.39 is 23.9 Å². The number of carboxylic acid groups (broad SMARTS) is 1. The molecule has 3 heterocycles. The van der Waals surface area contributed by atoms with Crippen LogP contribution in [0.25, 0.3) is 0 Å². The third-order valence-corrected chi connectivity index (χ3v) is 6.83. The van der Waals surface area contributed by atoms with Gasteiger partial charge in [0.2, 0.25) is 0 Å². The van der Waals surface area contributed by atoms with Gasteiger partial charge in [-0.05, 0) is 94.2 Å². The quantitative estimate of drug-likeness (QED) is 0.480. The lowest BCUT2D eigenvalue weighted by Gasteiger charge is -2.40. The molecule has 1 aromatic rings. The number of aliphatic carboxylic acids is 1. The Morgan fingerprint density at radius 1 is 1.08 bits per heavy atom. The van der Waals surface area contributed by atoms with Crippen molar-refractivity contribution in [3.63, 3.8) is 0 Å². The minimum absolute atomic E-state index is 0.0489. The summed E-state index contributed by atoms with van der Waals surface area (Å²) in [4.78, 5) is 13.4. The summed E-state index contributed by atoms with van der Waals surface area (Å²) >= 11 is 0. The van der Waals surface area contributed by atoms with E-state index >= 15 is 0 Å². The fourth-order valence-corrected chi connectivity index (χ4v) is 4.85. The normalized spacial score (nSPS) is 23.4. The van der Waals surface area contributed by atoms with E-state index in [0.29, 0.717) is 12.0 Å². The lowest BCUT2D eigenvalue weighted by Crippen LogP contribution is -2.51. The van der Waals surface area contributed by atoms with E-state index in [-0.39, 0.29) is 6.17 Å². The van der Waals surface area contributed by atoms with Gasteiger partial charge >= 0.3 is 18.3 Å². The zero-order chi connectivity index (χ0) is 27.2. The number of carboxylic acids is 1. The first-order valence-electron chi connectivity index (χ1n) is 12.2. The van der Waals surface area contributed by atoms with Crippen LogP contribution in [0.1, 0.15) is 31.2 Å². The molecule has 3 aliphatic rings. The molecular formula is C25H32F6N4O2. The van der Waals surface area contributed by atoms with Crippen LogP contribution in [-0.2, 0) is 11.0 Å². The second kappa shape index (κ2) is 12.3. The van der Waals surface area contributed by atoms with Crippen LogP contribution >= 0.6 is 0 Å². The Hall–Kier alpha value is -2.57. The standard InChI is InChI=1S/C23H31F3N4.C2HF3O2/c1-29-14-3-5-21(29)20-4-2-15-30(19-8-6-18(7-9-19)23(24,25)26)22(20)28-16-17-10-12-27-13-11-17;3-2(4,5)1(6)7/h2,4,6-9,15,17,21-22,27-28H,3,5,10-14,16H2,1H3;(H,6,7)/t21-,22?;/m0./s1. The average Bonchev–Trinajstić information content (AvgIpc) is 3.28. The van der Waals surface area contributed by atoms with E-state index in [2.05, 4.69) is 33.6 Å². The van der Waals surface area contributed by atoms with Crippen LogP contribution in [0.4, 0.5) is 32.0 Å². The number of likely N-dealkylation sites (tertiary alicyclic amines) is 1. The maximum Gasteiger partial charge on any atom is 0.490 e. The fourth-order valence-electron chi connectivity index (χ4n) is 4.85. The number of halogens is 6. The number of alkyl halides is 6. The number of anilines is 1. The number of benzene rings is 1. The van der Waals surface area contributed by atoms with E-state index in [1.165, 1.54) is 24.1 Å². The molecule has 0 bridgehead atoms. The Morgan fingerprint density at radius 3 is 2.22 bits per heavy atom. The molecule has 1 unspecified atom stereocenters. The highest BCUT2D eigenvalue weighted by Gasteiger charge is 2.38. The van der Waals surface area contributed by atoms with Gasteiger partial charge < -0.3 is 15.3 Å². The maximum absolute atomic E-state index is 13.0. The van der Waals surface area contributed by atoms with Crippen LogP contribution in [0.15, 0.2) is 48.2 Å². The van der Waals surface area contributed by atoms with E-state index in [4.69, 9.17) is 9.90 Å². The summed E-state index contributed by atoms with van der Waals surface area (Å²) in [6.45, 7) is 4.08. The molecule has 206 valence electrons. The second-order valence-electron chi connectivity index (χ2n) is 9.41. The third-order valence-electron chi connectivity index (χ3n) is 6.83. The van der Waals surface area contributed by atoms with Crippen molar-refractivity contribution in [2.45, 2.75) is 50.2 Å². The molecule has 6 nitrogen and oxygen atoms in total. The second-order valence-corrected chi connectivity index (χ2v) is 9.41. The monoisotopic (exact) mass is 534 g/mol. The van der Waals surface area contributed by atoms with Crippen LogP contribution < -0.4 is 15.5 Å². The molecule has 0 aromatic heterocycles. The van der Waals surface area contributed by atoms with Crippen molar-refractivity contribution in [3.05, 3.63) is 53.8 Å². The number of piperidine rings is 1. The first-order chi connectivity index (χ1) is 17.4. The first-order valence-corrected chi connectivity index (χ1v) is 12.2. The zero-order valence-corrected chi connectivity index (χ0v) is 20.4. The summed E-state index contributed by atoms with van der Waals surface area (Å²) in [5, 5.41) is 14.3. The molecule has 1 aromatic carbocycles. The van der Waals surface area contributed by atoms with Crippen molar-refractivity contribution < 1.29 is 36.2 Å². The molecule has 2 atom stereocenters. The van der Waals surface area contributed by atoms with Crippen molar-refractivity contribution in [1.82, 2.24) is 15.5 Å². The van der Waals surface area contributed by atoms with Gasteiger partial charge in [0, 0.05) is 24.5 Å². The number of allylic oxidation sites excluding steroid dienone is 2. The maximum atomic E-state index is 13.0. The molecule has 3 N–H and O–H groups in total. The number of nitrogens with zero attached hydrogens (tertiary/aromatic N) is 2. The van der Waals surface area contributed by atoms with Crippen molar-refractivity contribution in [2.24, 2.45) is 5.92 Å². The number of hydrogen-bond donors (Lipinski definition) is 3. The van der Waals surface area contributed by atoms with Crippen LogP contribution in [-0.4, -0.2) is 67.6 Å². The Bertz CT molecular complexity index is 955. The van der Waals surface area contributed by atoms with Crippen LogP contribution in [0.3, 0.4) is 0 Å². The molecule has 2 saturated heterocycles. The van der Waals surface area contributed by atoms with E-state index in [1.54, 1.807) is 12.1 Å². The minimum atomic E-state index is -5.08. The summed E-state index contributed by atoms with van der Waals surface area (Å²) in [5.74, 6) is -2.14. The Balaban J connectivity index is 0.000000479. The Morgan fingerprint density at radius 2 is 1.70 bits per heavy atom. The lowest BCUT2D eigenvalue weighted by molar-refractivity contribution is -0.192. The zero-order valence-electron chi connectivity index (χ0n) is 20.4. The summed E-state index contributed by atoms with van der Waals surface area (Å²) in [5.41, 5.74) is 1.46. The van der Waals surface area contributed by atoms with Crippen LogP contribution in [0.5, 0.6) is 0 Å². The molecule has 0 aliphatic carbocycles. The molecule has 0 spiro atoms. The topological polar surface area (TPSA) is 67.8 Å². The average molecular weight is 535 g/mol. The van der Waals surface area contributed by atoms with E-state index in [9.17, 15) is 26.3 Å². The Labute approximate surface area is 212 Å². The molecule has 4 rings (SSSR count). The molecule has 0 radical (unpaired) electrons. The highest BCUT2D eigenvalue weighted by molar-refractivity contribution is 5.73. The van der Waals surface area contributed by atoms with Crippen LogP contribution in [0, 0.1) is 5.92 Å². The lowest BCUT2D eigenvalue weighted by atomic mass is 9.95. The van der Waals surface area contributed by atoms with Gasteiger partial charge in [-0.2, -0.15) is 26.3 Å². The largest absolute Gasteiger partial charge is 0.490 e. The number of hydrogen-bond acceptors (Lipinski definition) is 5. The predicted molar refractivity (Wildman–Crippen MR) is 128 cm³/mol. The summed E-state index contributed by atoms with van der Waals surface area (Å²) in [6, 6.07) is 5.86. The van der Waals surface area contributed by atoms with Gasteiger partial charge in [0.15, 0.2) is 0 Å². The number of rotatable bonds is 5. The molecule has 12 heteroatoms. The smallest absolute Gasteiger partial charge is 0.475 e. The van der Waals surface area contributed by atoms with Crippen molar-refractivity contribution >= 4 is 11.7 Å². The molecule has 3 aliphatic heterocycles. The van der Waals surface area contributed by atoms with Gasteiger partial charge in [-0.25, -0.2) is 4.79 Å². The van der Waals surface area contributed by atoms with Gasteiger partial charge in [0.25, 0.3) is 0 Å². The molecule has 37 heavy (non-hydrogen) atoms. The van der Waals surface area contributed by atoms with Gasteiger partial charge in [-0.1, -0.05) is 6.08 Å². The van der Waals surface area contributed by atoms with Crippen molar-refractivity contribution in [3.8, 4) is 0 Å². The highest BCUT2D eigenvalue weighted by Crippen LogP contribution is 2.34. The van der Waals surface area contributed by atoms with Gasteiger partial charge in [0.05, 0.1) is 5.56 Å². The van der Waals surface area contributed by atoms with E-state index in [0.717, 1.165) is 51.1 Å². The predicted octanol–water partition coefficient (Wildman–Crippen LogP) is 4.61. The van der Waals surface area contributed by atoms with Crippen LogP contribution in [0.2, 0.25) is 0 Å². The summed E-state index contributed by atoms with van der Waals surface area (Å²) in [7, 11) is 2.16. The first kappa shape index (κ1) is 29.0. The number of likely N-dealkylation sites (N-methyl/N-ethyl adjacent to an activating group) is 1. The fraction of sp³-hybridized carbons (Fsp3) is 0.560. The molecule has 2 fully saturated rings. The third kappa shape index (κ3) is 7.96. The highest BCUT2D eigenvalue weighted by atomic mass is 19.4. The number of nitrogens with one attached hydrogen (secondary N) is 2. The van der Waals surface area contributed by atoms with Crippen molar-refractivity contribution in [1.29, 1.82) is 0 Å². The van der Waals surface area contributed by atoms with E-state index in [1.807, 2.05) is 12.3 Å². The summed E-state index contributed by atoms with van der Waals surface area (Å²) in [6.07, 6.45) is 1.31. The van der Waals surface area contributed by atoms with Gasteiger partial charge in [0.1, 0.15) is 6.17 Å². The minimum Gasteiger partial charge on any atom is -0.475 e. The van der Waals surface area contributed by atoms with Gasteiger partial charge in [-0.15, -0.1) is 0 Å². The molecule has 0 saturated carbocycles. The molecule has 0 amide bonds. The van der Waals surface area contributed by atoms with Crippen molar-refractivity contribution in [2.75, 3.05) is 38.1 Å². The molecular weight excluding hydrogens is 502 g/mol. The number of carbonyl (C=O) groups is 1. The van der Waals surface area contributed by atoms with Gasteiger partial charge in [-0.3, -0.25) is 10.2 Å².